The number of nitrogens with one attached hydrogen (secondary N) is 1. The number of hydrogen-bond acceptors (Lipinski definition) is 2. The number of fused-ring (bicyclic) bond motifs is 1. The second-order valence-corrected chi connectivity index (χ2v) is 5.15. The van der Waals surface area contributed by atoms with Gasteiger partial charge in [0.1, 0.15) is 6.54 Å². The van der Waals surface area contributed by atoms with Crippen molar-refractivity contribution in [1.29, 1.82) is 0 Å². The Labute approximate surface area is 113 Å². The van der Waals surface area contributed by atoms with Crippen LogP contribution in [-0.4, -0.2) is 22.1 Å². The summed E-state index contributed by atoms with van der Waals surface area (Å²) < 4.78 is 1.89. The second-order valence-electron chi connectivity index (χ2n) is 5.15. The molecule has 1 aromatic carbocycles. The lowest BCUT2D eigenvalue weighted by atomic mass is 10.1. The number of hydrogen-bond donors (Lipinski definition) is 2. The van der Waals surface area contributed by atoms with Crippen molar-refractivity contribution >= 4 is 16.8 Å². The fourth-order valence-electron chi connectivity index (χ4n) is 2.13. The molecule has 2 aromatic rings. The molecule has 1 heterocycles. The number of carbonyl (C=O) groups is 1. The average Bonchev–Trinajstić information content (AvgIpc) is 2.79. The molecule has 19 heavy (non-hydrogen) atoms. The van der Waals surface area contributed by atoms with E-state index >= 15 is 0 Å². The van der Waals surface area contributed by atoms with Crippen molar-refractivity contribution in [3.8, 4) is 0 Å². The van der Waals surface area contributed by atoms with E-state index in [4.69, 9.17) is 0 Å². The van der Waals surface area contributed by atoms with Gasteiger partial charge in [-0.2, -0.15) is 0 Å². The molecule has 102 valence electrons. The predicted octanol–water partition coefficient (Wildman–Crippen LogP) is 1.91. The first-order chi connectivity index (χ1) is 9.11. The van der Waals surface area contributed by atoms with E-state index in [0.717, 1.165) is 16.5 Å². The minimum absolute atomic E-state index is 0.000979. The van der Waals surface area contributed by atoms with Crippen LogP contribution < -0.4 is 5.32 Å². The fraction of sp³-hybridized carbons (Fsp3) is 0.400. The van der Waals surface area contributed by atoms with Crippen LogP contribution in [0.25, 0.3) is 10.9 Å². The smallest absolute Gasteiger partial charge is 0.239 e. The second kappa shape index (κ2) is 5.89. The summed E-state index contributed by atoms with van der Waals surface area (Å²) >= 11 is 0. The molecule has 0 saturated carbocycles. The van der Waals surface area contributed by atoms with Crippen molar-refractivity contribution < 1.29 is 9.90 Å². The summed E-state index contributed by atoms with van der Waals surface area (Å²) in [5.41, 5.74) is 1.78. The molecule has 0 unspecified atom stereocenters. The van der Waals surface area contributed by atoms with Gasteiger partial charge in [0.05, 0.1) is 12.1 Å². The summed E-state index contributed by atoms with van der Waals surface area (Å²) in [4.78, 5) is 11.9. The lowest BCUT2D eigenvalue weighted by molar-refractivity contribution is -0.121. The third kappa shape index (κ3) is 3.15. The number of carbonyl (C=O) groups excluding carboxylic acids is 1. The summed E-state index contributed by atoms with van der Waals surface area (Å²) in [5, 5.41) is 13.3. The van der Waals surface area contributed by atoms with Gasteiger partial charge in [-0.05, 0) is 17.4 Å². The van der Waals surface area contributed by atoms with Gasteiger partial charge in [-0.25, -0.2) is 0 Å². The van der Waals surface area contributed by atoms with Gasteiger partial charge in [-0.15, -0.1) is 0 Å². The Morgan fingerprint density at radius 1 is 1.37 bits per heavy atom. The van der Waals surface area contributed by atoms with E-state index in [9.17, 15) is 9.90 Å². The molecule has 0 aliphatic rings. The Morgan fingerprint density at radius 2 is 2.16 bits per heavy atom. The molecular weight excluding hydrogens is 240 g/mol. The van der Waals surface area contributed by atoms with Crippen LogP contribution in [0.1, 0.15) is 19.4 Å². The van der Waals surface area contributed by atoms with E-state index in [1.807, 2.05) is 35.0 Å². The van der Waals surface area contributed by atoms with Gasteiger partial charge in [0.15, 0.2) is 0 Å². The number of para-hydroxylation sites is 1. The highest BCUT2D eigenvalue weighted by Gasteiger charge is 2.09. The van der Waals surface area contributed by atoms with Crippen LogP contribution in [0.2, 0.25) is 0 Å². The lowest BCUT2D eigenvalue weighted by Gasteiger charge is -2.10. The first kappa shape index (κ1) is 13.6. The Morgan fingerprint density at radius 3 is 2.84 bits per heavy atom. The maximum Gasteiger partial charge on any atom is 0.239 e. The summed E-state index contributed by atoms with van der Waals surface area (Å²) in [6.45, 7) is 5.08. The lowest BCUT2D eigenvalue weighted by Crippen LogP contribution is -2.30. The molecule has 1 amide bonds. The third-order valence-corrected chi connectivity index (χ3v) is 3.06. The molecule has 0 aliphatic carbocycles. The van der Waals surface area contributed by atoms with Crippen LogP contribution in [-0.2, 0) is 17.9 Å². The SMILES string of the molecule is CC(C)CNC(=O)Cn1ccc2cccc(CO)c21. The highest BCUT2D eigenvalue weighted by atomic mass is 16.3. The van der Waals surface area contributed by atoms with Crippen molar-refractivity contribution in [2.24, 2.45) is 5.92 Å². The largest absolute Gasteiger partial charge is 0.392 e. The number of rotatable bonds is 5. The number of amides is 1. The van der Waals surface area contributed by atoms with Crippen molar-refractivity contribution in [3.63, 3.8) is 0 Å². The molecule has 0 radical (unpaired) electrons. The zero-order valence-electron chi connectivity index (χ0n) is 11.4. The van der Waals surface area contributed by atoms with Gasteiger partial charge in [0, 0.05) is 18.3 Å². The number of benzene rings is 1. The number of nitrogens with zero attached hydrogens (tertiary/aromatic N) is 1. The van der Waals surface area contributed by atoms with E-state index < -0.39 is 0 Å². The highest BCUT2D eigenvalue weighted by Crippen LogP contribution is 2.20. The van der Waals surface area contributed by atoms with E-state index in [1.165, 1.54) is 0 Å². The van der Waals surface area contributed by atoms with E-state index in [1.54, 1.807) is 0 Å². The fourth-order valence-corrected chi connectivity index (χ4v) is 2.13. The molecule has 4 heteroatoms. The molecule has 0 atom stereocenters. The molecule has 2 rings (SSSR count). The van der Waals surface area contributed by atoms with Crippen LogP contribution in [0.4, 0.5) is 0 Å². The quantitative estimate of drug-likeness (QED) is 0.862. The Hall–Kier alpha value is -1.81. The average molecular weight is 260 g/mol. The summed E-state index contributed by atoms with van der Waals surface area (Å²) in [6.07, 6.45) is 1.89. The number of aliphatic hydroxyl groups excluding tert-OH is 1. The molecule has 2 N–H and O–H groups in total. The molecule has 0 aliphatic heterocycles. The third-order valence-electron chi connectivity index (χ3n) is 3.06. The van der Waals surface area contributed by atoms with E-state index in [-0.39, 0.29) is 19.1 Å². The normalized spacial score (nSPS) is 11.2. The molecule has 4 nitrogen and oxygen atoms in total. The van der Waals surface area contributed by atoms with Gasteiger partial charge < -0.3 is 15.0 Å². The van der Waals surface area contributed by atoms with Gasteiger partial charge in [-0.1, -0.05) is 32.0 Å². The highest BCUT2D eigenvalue weighted by molar-refractivity contribution is 5.85. The summed E-state index contributed by atoms with van der Waals surface area (Å²) in [5.74, 6) is 0.442. The molecule has 0 spiro atoms. The van der Waals surface area contributed by atoms with Crippen LogP contribution in [0, 0.1) is 5.92 Å². The van der Waals surface area contributed by atoms with E-state index in [2.05, 4.69) is 19.2 Å². The van der Waals surface area contributed by atoms with Crippen LogP contribution in [0.3, 0.4) is 0 Å². The van der Waals surface area contributed by atoms with Crippen LogP contribution in [0.15, 0.2) is 30.5 Å². The molecule has 0 fully saturated rings. The standard InChI is InChI=1S/C15H20N2O2/c1-11(2)8-16-14(19)9-17-7-6-12-4-3-5-13(10-18)15(12)17/h3-7,11,18H,8-10H2,1-2H3,(H,16,19). The maximum absolute atomic E-state index is 11.9. The summed E-state index contributed by atoms with van der Waals surface area (Å²) in [7, 11) is 0. The Balaban J connectivity index is 2.19. The van der Waals surface area contributed by atoms with Crippen LogP contribution >= 0.6 is 0 Å². The van der Waals surface area contributed by atoms with Crippen molar-refractivity contribution in [2.45, 2.75) is 27.0 Å². The van der Waals surface area contributed by atoms with E-state index in [0.29, 0.717) is 12.5 Å². The molecule has 0 bridgehead atoms. The topological polar surface area (TPSA) is 54.3 Å². The summed E-state index contributed by atoms with van der Waals surface area (Å²) in [6, 6.07) is 7.74. The Kier molecular flexibility index (Phi) is 4.22. The number of aromatic nitrogens is 1. The first-order valence-electron chi connectivity index (χ1n) is 6.56. The van der Waals surface area contributed by atoms with Crippen molar-refractivity contribution in [3.05, 3.63) is 36.0 Å². The maximum atomic E-state index is 11.9. The first-order valence-corrected chi connectivity index (χ1v) is 6.56. The van der Waals surface area contributed by atoms with Gasteiger partial charge in [0.25, 0.3) is 0 Å². The predicted molar refractivity (Wildman–Crippen MR) is 75.7 cm³/mol. The number of aliphatic hydroxyl groups is 1. The molecular formula is C15H20N2O2. The van der Waals surface area contributed by atoms with Crippen LogP contribution in [0.5, 0.6) is 0 Å². The zero-order chi connectivity index (χ0) is 13.8. The minimum atomic E-state index is -0.0189. The molecule has 0 saturated heterocycles. The molecule has 1 aromatic heterocycles. The van der Waals surface area contributed by atoms with Crippen molar-refractivity contribution in [1.82, 2.24) is 9.88 Å². The van der Waals surface area contributed by atoms with Gasteiger partial charge in [0.2, 0.25) is 5.91 Å². The minimum Gasteiger partial charge on any atom is -0.392 e. The monoisotopic (exact) mass is 260 g/mol. The van der Waals surface area contributed by atoms with Gasteiger partial charge >= 0.3 is 0 Å². The zero-order valence-corrected chi connectivity index (χ0v) is 11.4. The van der Waals surface area contributed by atoms with Gasteiger partial charge in [-0.3, -0.25) is 4.79 Å². The Bertz CT molecular complexity index is 573. The van der Waals surface area contributed by atoms with Crippen molar-refractivity contribution in [2.75, 3.05) is 6.54 Å².